The monoisotopic (exact) mass is 472 g/mol. The summed E-state index contributed by atoms with van der Waals surface area (Å²) in [6, 6.07) is 7.29. The van der Waals surface area contributed by atoms with Crippen molar-refractivity contribution in [3.63, 3.8) is 0 Å². The van der Waals surface area contributed by atoms with Crippen LogP contribution in [0.15, 0.2) is 36.4 Å². The number of phenolic OH excluding ortho intramolecular Hbond substituents is 2. The summed E-state index contributed by atoms with van der Waals surface area (Å²) >= 11 is 0. The van der Waals surface area contributed by atoms with E-state index in [1.807, 2.05) is 21.9 Å². The van der Waals surface area contributed by atoms with Crippen LogP contribution in [0.1, 0.15) is 60.8 Å². The first kappa shape index (κ1) is 23.2. The molecule has 5 rings (SSSR count). The maximum atomic E-state index is 12.5. The lowest BCUT2D eigenvalue weighted by atomic mass is 9.99. The van der Waals surface area contributed by atoms with Crippen molar-refractivity contribution in [3.8, 4) is 22.6 Å². The van der Waals surface area contributed by atoms with E-state index in [1.165, 1.54) is 0 Å². The van der Waals surface area contributed by atoms with Crippen LogP contribution in [-0.4, -0.2) is 58.0 Å². The van der Waals surface area contributed by atoms with Gasteiger partial charge >= 0.3 is 0 Å². The smallest absolute Gasteiger partial charge is 0.246 e. The molecular weight excluding hydrogens is 440 g/mol. The Morgan fingerprint density at radius 3 is 1.43 bits per heavy atom. The Morgan fingerprint density at radius 1 is 0.629 bits per heavy atom. The van der Waals surface area contributed by atoms with Crippen LogP contribution < -0.4 is 0 Å². The molecule has 2 aromatic carbocycles. The molecule has 6 heteroatoms. The van der Waals surface area contributed by atoms with Gasteiger partial charge in [0.05, 0.1) is 0 Å². The Labute approximate surface area is 206 Å². The highest BCUT2D eigenvalue weighted by atomic mass is 16.3. The minimum Gasteiger partial charge on any atom is -0.507 e. The zero-order chi connectivity index (χ0) is 24.4. The lowest BCUT2D eigenvalue weighted by Crippen LogP contribution is -2.34. The summed E-state index contributed by atoms with van der Waals surface area (Å²) in [5.74, 6) is 0.216. The Balaban J connectivity index is 1.38. The van der Waals surface area contributed by atoms with Gasteiger partial charge in [-0.3, -0.25) is 9.59 Å². The molecule has 2 saturated heterocycles. The van der Waals surface area contributed by atoms with Crippen molar-refractivity contribution in [1.82, 2.24) is 9.80 Å². The van der Waals surface area contributed by atoms with Gasteiger partial charge in [-0.25, -0.2) is 0 Å². The molecule has 182 valence electrons. The van der Waals surface area contributed by atoms with E-state index in [0.29, 0.717) is 17.5 Å². The summed E-state index contributed by atoms with van der Waals surface area (Å²) in [5, 5.41) is 21.2. The molecule has 0 saturated carbocycles. The molecule has 6 nitrogen and oxygen atoms in total. The highest BCUT2D eigenvalue weighted by Gasteiger charge is 2.23. The van der Waals surface area contributed by atoms with Crippen LogP contribution >= 0.6 is 0 Å². The SMILES string of the molecule is O=C(C=Cc1cc2c(cc1O)Cc1cc(O)c(C=CC(=O)N3CCCCC3)cc1-2)N1CCCCC1. The number of rotatable bonds is 4. The molecule has 2 aromatic rings. The van der Waals surface area contributed by atoms with Crippen LogP contribution in [0.3, 0.4) is 0 Å². The van der Waals surface area contributed by atoms with Crippen molar-refractivity contribution in [2.24, 2.45) is 0 Å². The number of likely N-dealkylation sites (tertiary alicyclic amines) is 2. The highest BCUT2D eigenvalue weighted by molar-refractivity contribution is 5.94. The number of carbonyl (C=O) groups excluding carboxylic acids is 2. The molecule has 3 aliphatic rings. The molecular formula is C29H32N2O4. The first-order valence-corrected chi connectivity index (χ1v) is 12.7. The van der Waals surface area contributed by atoms with E-state index >= 15 is 0 Å². The normalized spacial score (nSPS) is 17.7. The number of hydrogen-bond donors (Lipinski definition) is 2. The topological polar surface area (TPSA) is 81.1 Å². The predicted molar refractivity (Wildman–Crippen MR) is 137 cm³/mol. The standard InChI is InChI=1S/C29H32N2O4/c32-26-18-22-15-23-19-27(33)21(8-10-29(35)31-13-5-2-6-14-31)17-25(23)24(22)16-20(26)7-9-28(34)30-11-3-1-4-12-30/h7-10,16-19,32-33H,1-6,11-15H2. The second kappa shape index (κ2) is 9.98. The lowest BCUT2D eigenvalue weighted by molar-refractivity contribution is -0.127. The molecule has 1 aliphatic carbocycles. The van der Waals surface area contributed by atoms with Gasteiger partial charge in [0.15, 0.2) is 0 Å². The van der Waals surface area contributed by atoms with E-state index < -0.39 is 0 Å². The van der Waals surface area contributed by atoms with Gasteiger partial charge in [0, 0.05) is 49.5 Å². The summed E-state index contributed by atoms with van der Waals surface area (Å²) in [6.07, 6.45) is 13.5. The maximum Gasteiger partial charge on any atom is 0.246 e. The molecule has 2 amide bonds. The van der Waals surface area contributed by atoms with Crippen molar-refractivity contribution in [3.05, 3.63) is 58.7 Å². The van der Waals surface area contributed by atoms with Gasteiger partial charge < -0.3 is 20.0 Å². The largest absolute Gasteiger partial charge is 0.507 e. The summed E-state index contributed by atoms with van der Waals surface area (Å²) in [5.41, 5.74) is 5.07. The molecule has 2 fully saturated rings. The first-order valence-electron chi connectivity index (χ1n) is 12.7. The number of nitrogens with zero attached hydrogens (tertiary/aromatic N) is 2. The fraction of sp³-hybridized carbons (Fsp3) is 0.379. The molecule has 2 N–H and O–H groups in total. The molecule has 0 radical (unpaired) electrons. The van der Waals surface area contributed by atoms with Gasteiger partial charge in [-0.1, -0.05) is 0 Å². The second-order valence-corrected chi connectivity index (χ2v) is 9.75. The van der Waals surface area contributed by atoms with Gasteiger partial charge in [0.25, 0.3) is 0 Å². The minimum absolute atomic E-state index is 0.0271. The van der Waals surface area contributed by atoms with Crippen molar-refractivity contribution >= 4 is 24.0 Å². The number of aromatic hydroxyl groups is 2. The third kappa shape index (κ3) is 4.97. The van der Waals surface area contributed by atoms with E-state index in [0.717, 1.165) is 87.0 Å². The van der Waals surface area contributed by atoms with Crippen molar-refractivity contribution in [2.45, 2.75) is 44.9 Å². The van der Waals surface area contributed by atoms with Crippen LogP contribution in [0.4, 0.5) is 0 Å². The first-order chi connectivity index (χ1) is 17.0. The quantitative estimate of drug-likeness (QED) is 0.539. The van der Waals surface area contributed by atoms with Crippen LogP contribution in [0.5, 0.6) is 11.5 Å². The number of amides is 2. The molecule has 0 bridgehead atoms. The van der Waals surface area contributed by atoms with E-state index in [4.69, 9.17) is 0 Å². The van der Waals surface area contributed by atoms with Crippen molar-refractivity contribution in [1.29, 1.82) is 0 Å². The summed E-state index contributed by atoms with van der Waals surface area (Å²) in [6.45, 7) is 3.14. The molecule has 35 heavy (non-hydrogen) atoms. The van der Waals surface area contributed by atoms with Crippen LogP contribution in [0, 0.1) is 0 Å². The number of phenols is 2. The number of piperidine rings is 2. The molecule has 2 heterocycles. The number of carbonyl (C=O) groups is 2. The zero-order valence-corrected chi connectivity index (χ0v) is 20.0. The average Bonchev–Trinajstić information content (AvgIpc) is 3.22. The maximum absolute atomic E-state index is 12.5. The van der Waals surface area contributed by atoms with Gasteiger partial charge in [0.2, 0.25) is 11.8 Å². The van der Waals surface area contributed by atoms with Crippen molar-refractivity contribution in [2.75, 3.05) is 26.2 Å². The average molecular weight is 473 g/mol. The van der Waals surface area contributed by atoms with Crippen LogP contribution in [0.25, 0.3) is 23.3 Å². The number of hydrogen-bond acceptors (Lipinski definition) is 4. The highest BCUT2D eigenvalue weighted by Crippen LogP contribution is 2.42. The summed E-state index contributed by atoms with van der Waals surface area (Å²) < 4.78 is 0. The number of benzene rings is 2. The fourth-order valence-electron chi connectivity index (χ4n) is 5.32. The molecule has 2 aliphatic heterocycles. The van der Waals surface area contributed by atoms with Crippen molar-refractivity contribution < 1.29 is 19.8 Å². The van der Waals surface area contributed by atoms with E-state index in [1.54, 1.807) is 36.4 Å². The third-order valence-electron chi connectivity index (χ3n) is 7.32. The van der Waals surface area contributed by atoms with Crippen LogP contribution in [-0.2, 0) is 16.0 Å². The predicted octanol–water partition coefficient (Wildman–Crippen LogP) is 4.72. The fourth-order valence-corrected chi connectivity index (χ4v) is 5.32. The summed E-state index contributed by atoms with van der Waals surface area (Å²) in [4.78, 5) is 28.8. The van der Waals surface area contributed by atoms with Gasteiger partial charge in [-0.15, -0.1) is 0 Å². The molecule has 0 spiro atoms. The zero-order valence-electron chi connectivity index (χ0n) is 20.0. The van der Waals surface area contributed by atoms with Gasteiger partial charge in [-0.2, -0.15) is 0 Å². The van der Waals surface area contributed by atoms with E-state index in [2.05, 4.69) is 0 Å². The number of fused-ring (bicyclic) bond motifs is 3. The summed E-state index contributed by atoms with van der Waals surface area (Å²) in [7, 11) is 0. The molecule has 0 aromatic heterocycles. The van der Waals surface area contributed by atoms with Gasteiger partial charge in [0.1, 0.15) is 11.5 Å². The van der Waals surface area contributed by atoms with E-state index in [-0.39, 0.29) is 23.3 Å². The Morgan fingerprint density at radius 2 is 1.03 bits per heavy atom. The minimum atomic E-state index is -0.0271. The molecule has 0 atom stereocenters. The molecule has 0 unspecified atom stereocenters. The Bertz CT molecular complexity index is 1110. The lowest BCUT2D eigenvalue weighted by Gasteiger charge is -2.25. The third-order valence-corrected chi connectivity index (χ3v) is 7.32. The Kier molecular flexibility index (Phi) is 6.62. The van der Waals surface area contributed by atoms with Gasteiger partial charge in [-0.05, 0) is 104 Å². The Hall–Kier alpha value is -3.54. The van der Waals surface area contributed by atoms with E-state index in [9.17, 15) is 19.8 Å². The van der Waals surface area contributed by atoms with Crippen LogP contribution in [0.2, 0.25) is 0 Å². The second-order valence-electron chi connectivity index (χ2n) is 9.75.